The van der Waals surface area contributed by atoms with Gasteiger partial charge in [-0.1, -0.05) is 25.5 Å². The van der Waals surface area contributed by atoms with E-state index in [4.69, 9.17) is 0 Å². The van der Waals surface area contributed by atoms with Crippen LogP contribution in [0.2, 0.25) is 0 Å². The highest BCUT2D eigenvalue weighted by molar-refractivity contribution is 8.01. The summed E-state index contributed by atoms with van der Waals surface area (Å²) < 4.78 is 0. The van der Waals surface area contributed by atoms with E-state index in [1.165, 1.54) is 42.8 Å². The Hall–Kier alpha value is -0.470. The van der Waals surface area contributed by atoms with Gasteiger partial charge in [-0.3, -0.25) is 4.90 Å². The van der Waals surface area contributed by atoms with E-state index in [1.807, 2.05) is 11.8 Å². The molecule has 0 bridgehead atoms. The molecule has 1 radical (unpaired) electrons. The van der Waals surface area contributed by atoms with Gasteiger partial charge in [0.1, 0.15) is 0 Å². The Kier molecular flexibility index (Phi) is 5.40. The van der Waals surface area contributed by atoms with Gasteiger partial charge < -0.3 is 0 Å². The third kappa shape index (κ3) is 4.36. The van der Waals surface area contributed by atoms with Crippen LogP contribution in [0.5, 0.6) is 0 Å². The second-order valence-electron chi connectivity index (χ2n) is 4.68. The largest absolute Gasteiger partial charge is 0.299 e. The van der Waals surface area contributed by atoms with Crippen LogP contribution >= 0.6 is 11.8 Å². The maximum absolute atomic E-state index is 2.58. The highest BCUT2D eigenvalue weighted by Crippen LogP contribution is 2.23. The summed E-state index contributed by atoms with van der Waals surface area (Å²) in [5, 5.41) is 0. The van der Waals surface area contributed by atoms with E-state index < -0.39 is 0 Å². The number of thioether (sulfide) groups is 1. The minimum Gasteiger partial charge on any atom is -0.299 e. The van der Waals surface area contributed by atoms with Gasteiger partial charge in [0.2, 0.25) is 0 Å². The summed E-state index contributed by atoms with van der Waals surface area (Å²) >= 11 is 1.85. The van der Waals surface area contributed by atoms with Gasteiger partial charge in [0.15, 0.2) is 0 Å². The Balaban J connectivity index is 1.90. The molecule has 0 aliphatic carbocycles. The normalized spacial score (nSPS) is 17.2. The summed E-state index contributed by atoms with van der Waals surface area (Å²) in [7, 11) is 0. The molecule has 0 N–H and O–H groups in total. The van der Waals surface area contributed by atoms with E-state index in [1.54, 1.807) is 0 Å². The molecule has 1 nitrogen and oxygen atoms in total. The molecule has 1 fully saturated rings. The Morgan fingerprint density at radius 2 is 2.06 bits per heavy atom. The van der Waals surface area contributed by atoms with Crippen molar-refractivity contribution in [2.75, 3.05) is 13.1 Å². The van der Waals surface area contributed by atoms with Gasteiger partial charge in [-0.15, -0.1) is 11.8 Å². The van der Waals surface area contributed by atoms with E-state index in [0.717, 1.165) is 13.0 Å². The third-order valence-corrected chi connectivity index (χ3v) is 4.17. The van der Waals surface area contributed by atoms with Gasteiger partial charge >= 0.3 is 0 Å². The minimum atomic E-state index is 1.13. The fourth-order valence-corrected chi connectivity index (χ4v) is 3.01. The van der Waals surface area contributed by atoms with E-state index >= 15 is 0 Å². The fraction of sp³-hybridized carbons (Fsp3) is 0.533. The molecule has 1 aliphatic rings. The maximum atomic E-state index is 2.58. The van der Waals surface area contributed by atoms with Crippen LogP contribution in [0.25, 0.3) is 0 Å². The van der Waals surface area contributed by atoms with Gasteiger partial charge in [-0.05, 0) is 50.0 Å². The molecule has 0 saturated carbocycles. The van der Waals surface area contributed by atoms with E-state index in [2.05, 4.69) is 41.8 Å². The molecule has 0 atom stereocenters. The van der Waals surface area contributed by atoms with Crippen LogP contribution in [-0.4, -0.2) is 18.0 Å². The van der Waals surface area contributed by atoms with E-state index in [9.17, 15) is 0 Å². The van der Waals surface area contributed by atoms with E-state index in [0.29, 0.717) is 0 Å². The molecule has 2 rings (SSSR count). The van der Waals surface area contributed by atoms with Crippen molar-refractivity contribution < 1.29 is 0 Å². The Labute approximate surface area is 110 Å². The number of hydrogen-bond acceptors (Lipinski definition) is 2. The zero-order valence-corrected chi connectivity index (χ0v) is 11.5. The van der Waals surface area contributed by atoms with Crippen molar-refractivity contribution in [2.45, 2.75) is 44.0 Å². The average molecular weight is 248 g/mol. The van der Waals surface area contributed by atoms with Crippen LogP contribution in [0, 0.1) is 5.75 Å². The summed E-state index contributed by atoms with van der Waals surface area (Å²) in [4.78, 5) is 3.96. The Bertz CT molecular complexity index is 331. The fourth-order valence-electron chi connectivity index (χ4n) is 2.27. The average Bonchev–Trinajstić information content (AvgIpc) is 2.38. The molecule has 1 aromatic rings. The molecule has 93 valence electrons. The molecule has 0 spiro atoms. The van der Waals surface area contributed by atoms with Gasteiger partial charge in [0, 0.05) is 17.2 Å². The second kappa shape index (κ2) is 7.07. The van der Waals surface area contributed by atoms with Crippen molar-refractivity contribution in [1.29, 1.82) is 0 Å². The van der Waals surface area contributed by atoms with Crippen molar-refractivity contribution in [1.82, 2.24) is 4.90 Å². The summed E-state index contributed by atoms with van der Waals surface area (Å²) in [5.74, 6) is 2.26. The Morgan fingerprint density at radius 1 is 1.24 bits per heavy atom. The lowest BCUT2D eigenvalue weighted by Crippen LogP contribution is -2.29. The predicted molar refractivity (Wildman–Crippen MR) is 76.0 cm³/mol. The highest BCUT2D eigenvalue weighted by Gasteiger charge is 2.10. The standard InChI is InChI=1S/C15H22NS/c1-2-11-17-15-8-6-7-14(12-15)13-16-9-4-3-5-10-16/h6-8,11-12H,2-5,9-10,13H2,1H3. The molecular formula is C15H22NS. The summed E-state index contributed by atoms with van der Waals surface area (Å²) in [6.07, 6.45) is 5.29. The topological polar surface area (TPSA) is 3.24 Å². The lowest BCUT2D eigenvalue weighted by atomic mass is 10.1. The molecule has 17 heavy (non-hydrogen) atoms. The number of nitrogens with zero attached hydrogens (tertiary/aromatic N) is 1. The molecule has 1 aromatic carbocycles. The second-order valence-corrected chi connectivity index (χ2v) is 5.72. The first kappa shape index (κ1) is 13.0. The van der Waals surface area contributed by atoms with Crippen LogP contribution < -0.4 is 0 Å². The zero-order chi connectivity index (χ0) is 11.9. The van der Waals surface area contributed by atoms with Crippen molar-refractivity contribution in [3.8, 4) is 0 Å². The SMILES string of the molecule is CC[CH]Sc1cccc(CN2CCCCC2)c1. The first-order chi connectivity index (χ1) is 8.38. The molecule has 0 amide bonds. The minimum absolute atomic E-state index is 1.13. The van der Waals surface area contributed by atoms with Crippen molar-refractivity contribution in [2.24, 2.45) is 0 Å². The highest BCUT2D eigenvalue weighted by atomic mass is 32.2. The van der Waals surface area contributed by atoms with Crippen LogP contribution in [0.4, 0.5) is 0 Å². The molecule has 1 heterocycles. The molecular weight excluding hydrogens is 226 g/mol. The lowest BCUT2D eigenvalue weighted by Gasteiger charge is -2.26. The van der Waals surface area contributed by atoms with Gasteiger partial charge in [-0.25, -0.2) is 0 Å². The monoisotopic (exact) mass is 248 g/mol. The third-order valence-electron chi connectivity index (χ3n) is 3.14. The summed E-state index contributed by atoms with van der Waals surface area (Å²) in [5.41, 5.74) is 1.46. The van der Waals surface area contributed by atoms with E-state index in [-0.39, 0.29) is 0 Å². The lowest BCUT2D eigenvalue weighted by molar-refractivity contribution is 0.221. The number of likely N-dealkylation sites (tertiary alicyclic amines) is 1. The van der Waals surface area contributed by atoms with Gasteiger partial charge in [0.25, 0.3) is 0 Å². The molecule has 1 aliphatic heterocycles. The molecule has 0 unspecified atom stereocenters. The zero-order valence-electron chi connectivity index (χ0n) is 10.7. The smallest absolute Gasteiger partial charge is 0.0234 e. The van der Waals surface area contributed by atoms with Crippen molar-refractivity contribution in [3.05, 3.63) is 35.6 Å². The summed E-state index contributed by atoms with van der Waals surface area (Å²) in [6, 6.07) is 8.98. The summed E-state index contributed by atoms with van der Waals surface area (Å²) in [6.45, 7) is 5.86. The number of hydrogen-bond donors (Lipinski definition) is 0. The van der Waals surface area contributed by atoms with Crippen LogP contribution in [0.3, 0.4) is 0 Å². The van der Waals surface area contributed by atoms with Gasteiger partial charge in [-0.2, -0.15) is 0 Å². The quantitative estimate of drug-likeness (QED) is 0.713. The molecule has 0 aromatic heterocycles. The predicted octanol–water partition coefficient (Wildman–Crippen LogP) is 4.34. The first-order valence-electron chi connectivity index (χ1n) is 6.68. The molecule has 2 heteroatoms. The number of piperidine rings is 1. The van der Waals surface area contributed by atoms with Crippen molar-refractivity contribution >= 4 is 11.8 Å². The van der Waals surface area contributed by atoms with Crippen LogP contribution in [-0.2, 0) is 6.54 Å². The number of benzene rings is 1. The van der Waals surface area contributed by atoms with Gasteiger partial charge in [0.05, 0.1) is 0 Å². The van der Waals surface area contributed by atoms with Crippen LogP contribution in [0.1, 0.15) is 38.2 Å². The molecule has 1 saturated heterocycles. The first-order valence-corrected chi connectivity index (χ1v) is 7.56. The number of rotatable bonds is 5. The Morgan fingerprint density at radius 3 is 2.82 bits per heavy atom. The van der Waals surface area contributed by atoms with Crippen LogP contribution in [0.15, 0.2) is 29.2 Å². The maximum Gasteiger partial charge on any atom is 0.0234 e. The van der Waals surface area contributed by atoms with Crippen molar-refractivity contribution in [3.63, 3.8) is 0 Å².